The Morgan fingerprint density at radius 2 is 2.12 bits per heavy atom. The third-order valence-electron chi connectivity index (χ3n) is 4.46. The third-order valence-corrected chi connectivity index (χ3v) is 6.21. The Bertz CT molecular complexity index is 942. The van der Waals surface area contributed by atoms with Gasteiger partial charge in [0.05, 0.1) is 17.4 Å². The SMILES string of the molecule is Cn1cnc(S(=O)(=O)N2CCCC(c3nc4ccccc4[nH]3)C2)c1. The largest absolute Gasteiger partial charge is 0.342 e. The molecular formula is C16H19N5O2S. The lowest BCUT2D eigenvalue weighted by atomic mass is 9.99. The van der Waals surface area contributed by atoms with Crippen molar-refractivity contribution in [1.82, 2.24) is 23.8 Å². The molecule has 0 spiro atoms. The van der Waals surface area contributed by atoms with E-state index in [1.807, 2.05) is 24.3 Å². The highest BCUT2D eigenvalue weighted by atomic mass is 32.2. The van der Waals surface area contributed by atoms with Crippen molar-refractivity contribution in [2.24, 2.45) is 7.05 Å². The maximum Gasteiger partial charge on any atom is 0.262 e. The van der Waals surface area contributed by atoms with E-state index in [1.165, 1.54) is 10.6 Å². The summed E-state index contributed by atoms with van der Waals surface area (Å²) in [6.45, 7) is 0.953. The number of nitrogens with one attached hydrogen (secondary N) is 1. The van der Waals surface area contributed by atoms with Gasteiger partial charge in [-0.25, -0.2) is 18.4 Å². The number of hydrogen-bond acceptors (Lipinski definition) is 4. The number of sulfonamides is 1. The minimum atomic E-state index is -3.55. The average molecular weight is 345 g/mol. The zero-order valence-corrected chi connectivity index (χ0v) is 14.2. The van der Waals surface area contributed by atoms with Gasteiger partial charge in [-0.15, -0.1) is 0 Å². The highest BCUT2D eigenvalue weighted by Crippen LogP contribution is 2.29. The Labute approximate surface area is 140 Å². The van der Waals surface area contributed by atoms with Crippen LogP contribution in [0.5, 0.6) is 0 Å². The van der Waals surface area contributed by atoms with Crippen molar-refractivity contribution in [2.75, 3.05) is 13.1 Å². The van der Waals surface area contributed by atoms with Crippen LogP contribution in [0.15, 0.2) is 41.8 Å². The number of para-hydroxylation sites is 2. The van der Waals surface area contributed by atoms with Crippen molar-refractivity contribution in [2.45, 2.75) is 23.8 Å². The molecule has 126 valence electrons. The van der Waals surface area contributed by atoms with Gasteiger partial charge in [0, 0.05) is 32.3 Å². The molecule has 1 unspecified atom stereocenters. The molecule has 1 aliphatic rings. The molecule has 0 saturated carbocycles. The van der Waals surface area contributed by atoms with E-state index in [0.29, 0.717) is 13.1 Å². The predicted octanol–water partition coefficient (Wildman–Crippen LogP) is 1.86. The molecule has 3 heterocycles. The standard InChI is InChI=1S/C16H19N5O2S/c1-20-10-15(17-11-20)24(22,23)21-8-4-5-12(9-21)16-18-13-6-2-3-7-14(13)19-16/h2-3,6-7,10-12H,4-5,8-9H2,1H3,(H,18,19). The molecule has 1 saturated heterocycles. The quantitative estimate of drug-likeness (QED) is 0.785. The van der Waals surface area contributed by atoms with Gasteiger partial charge in [0.2, 0.25) is 0 Å². The number of aromatic nitrogens is 4. The minimum absolute atomic E-state index is 0.0737. The van der Waals surface area contributed by atoms with Gasteiger partial charge in [-0.2, -0.15) is 4.31 Å². The van der Waals surface area contributed by atoms with E-state index in [2.05, 4.69) is 15.0 Å². The first kappa shape index (κ1) is 15.3. The Kier molecular flexibility index (Phi) is 3.65. The van der Waals surface area contributed by atoms with Crippen LogP contribution in [0.1, 0.15) is 24.6 Å². The summed E-state index contributed by atoms with van der Waals surface area (Å²) in [6, 6.07) is 7.85. The lowest BCUT2D eigenvalue weighted by Crippen LogP contribution is -2.39. The third kappa shape index (κ3) is 2.61. The number of rotatable bonds is 3. The number of nitrogens with zero attached hydrogens (tertiary/aromatic N) is 4. The van der Waals surface area contributed by atoms with Gasteiger partial charge in [-0.1, -0.05) is 12.1 Å². The fourth-order valence-corrected chi connectivity index (χ4v) is 4.69. The number of imidazole rings is 2. The molecule has 24 heavy (non-hydrogen) atoms. The van der Waals surface area contributed by atoms with Crippen LogP contribution in [0.25, 0.3) is 11.0 Å². The summed E-state index contributed by atoms with van der Waals surface area (Å²) in [5.74, 6) is 0.932. The maximum atomic E-state index is 12.8. The molecular weight excluding hydrogens is 326 g/mol. The van der Waals surface area contributed by atoms with Crippen LogP contribution in [-0.2, 0) is 17.1 Å². The second-order valence-electron chi connectivity index (χ2n) is 6.22. The van der Waals surface area contributed by atoms with Gasteiger partial charge in [-0.3, -0.25) is 0 Å². The summed E-state index contributed by atoms with van der Waals surface area (Å²) in [4.78, 5) is 12.0. The molecule has 2 aromatic heterocycles. The average Bonchev–Trinajstić information content (AvgIpc) is 3.21. The first-order valence-corrected chi connectivity index (χ1v) is 9.41. The molecule has 1 fully saturated rings. The normalized spacial score (nSPS) is 19.8. The van der Waals surface area contributed by atoms with E-state index < -0.39 is 10.0 Å². The Balaban J connectivity index is 1.61. The smallest absolute Gasteiger partial charge is 0.262 e. The molecule has 0 radical (unpaired) electrons. The van der Waals surface area contributed by atoms with Gasteiger partial charge in [0.15, 0.2) is 5.03 Å². The second kappa shape index (κ2) is 5.71. The van der Waals surface area contributed by atoms with Crippen molar-refractivity contribution in [3.8, 4) is 0 Å². The van der Waals surface area contributed by atoms with Crippen molar-refractivity contribution in [3.05, 3.63) is 42.6 Å². The van der Waals surface area contributed by atoms with E-state index in [0.717, 1.165) is 29.7 Å². The van der Waals surface area contributed by atoms with Crippen LogP contribution in [0.3, 0.4) is 0 Å². The summed E-state index contributed by atoms with van der Waals surface area (Å²) in [7, 11) is -1.79. The summed E-state index contributed by atoms with van der Waals surface area (Å²) < 4.78 is 28.7. The Morgan fingerprint density at radius 3 is 2.88 bits per heavy atom. The van der Waals surface area contributed by atoms with Gasteiger partial charge in [0.25, 0.3) is 10.0 Å². The molecule has 4 rings (SSSR count). The molecule has 8 heteroatoms. The van der Waals surface area contributed by atoms with Crippen LogP contribution in [-0.4, -0.2) is 45.3 Å². The molecule has 1 aromatic carbocycles. The molecule has 0 aliphatic carbocycles. The Morgan fingerprint density at radius 1 is 1.29 bits per heavy atom. The van der Waals surface area contributed by atoms with Crippen molar-refractivity contribution < 1.29 is 8.42 Å². The van der Waals surface area contributed by atoms with Crippen LogP contribution >= 0.6 is 0 Å². The highest BCUT2D eigenvalue weighted by Gasteiger charge is 2.33. The van der Waals surface area contributed by atoms with E-state index in [4.69, 9.17) is 0 Å². The lowest BCUT2D eigenvalue weighted by molar-refractivity contribution is 0.309. The van der Waals surface area contributed by atoms with Crippen LogP contribution < -0.4 is 0 Å². The van der Waals surface area contributed by atoms with Crippen molar-refractivity contribution in [3.63, 3.8) is 0 Å². The van der Waals surface area contributed by atoms with Crippen LogP contribution in [0.4, 0.5) is 0 Å². The molecule has 0 bridgehead atoms. The first-order chi connectivity index (χ1) is 11.5. The van der Waals surface area contributed by atoms with E-state index in [9.17, 15) is 8.42 Å². The summed E-state index contributed by atoms with van der Waals surface area (Å²) in [5.41, 5.74) is 1.90. The number of fused-ring (bicyclic) bond motifs is 1. The van der Waals surface area contributed by atoms with Crippen molar-refractivity contribution >= 4 is 21.1 Å². The Hall–Kier alpha value is -2.19. The van der Waals surface area contributed by atoms with Crippen molar-refractivity contribution in [1.29, 1.82) is 0 Å². The fraction of sp³-hybridized carbons (Fsp3) is 0.375. The second-order valence-corrected chi connectivity index (χ2v) is 8.10. The lowest BCUT2D eigenvalue weighted by Gasteiger charge is -2.30. The topological polar surface area (TPSA) is 83.9 Å². The predicted molar refractivity (Wildman–Crippen MR) is 90.0 cm³/mol. The number of aryl methyl sites for hydroxylation is 1. The highest BCUT2D eigenvalue weighted by molar-refractivity contribution is 7.89. The zero-order chi connectivity index (χ0) is 16.7. The number of hydrogen-bond donors (Lipinski definition) is 1. The fourth-order valence-electron chi connectivity index (χ4n) is 3.20. The van der Waals surface area contributed by atoms with Gasteiger partial charge in [0.1, 0.15) is 5.82 Å². The first-order valence-electron chi connectivity index (χ1n) is 7.97. The number of aromatic amines is 1. The number of H-pyrrole nitrogens is 1. The number of piperidine rings is 1. The van der Waals surface area contributed by atoms with Crippen LogP contribution in [0.2, 0.25) is 0 Å². The van der Waals surface area contributed by atoms with Gasteiger partial charge in [-0.05, 0) is 25.0 Å². The zero-order valence-electron chi connectivity index (χ0n) is 13.4. The summed E-state index contributed by atoms with van der Waals surface area (Å²) in [5, 5.41) is 0.107. The van der Waals surface area contributed by atoms with Gasteiger partial charge >= 0.3 is 0 Å². The molecule has 1 N–H and O–H groups in total. The molecule has 1 atom stereocenters. The van der Waals surface area contributed by atoms with E-state index in [-0.39, 0.29) is 10.9 Å². The molecule has 7 nitrogen and oxygen atoms in total. The monoisotopic (exact) mass is 345 g/mol. The van der Waals surface area contributed by atoms with E-state index in [1.54, 1.807) is 17.8 Å². The molecule has 0 amide bonds. The number of benzene rings is 1. The molecule has 1 aliphatic heterocycles. The molecule has 3 aromatic rings. The minimum Gasteiger partial charge on any atom is -0.342 e. The van der Waals surface area contributed by atoms with E-state index >= 15 is 0 Å². The van der Waals surface area contributed by atoms with Gasteiger partial charge < -0.3 is 9.55 Å². The maximum absolute atomic E-state index is 12.8. The summed E-state index contributed by atoms with van der Waals surface area (Å²) in [6.07, 6.45) is 4.79. The van der Waals surface area contributed by atoms with Crippen LogP contribution in [0, 0.1) is 0 Å². The summed E-state index contributed by atoms with van der Waals surface area (Å²) >= 11 is 0.